The molecule has 0 aliphatic heterocycles. The van der Waals surface area contributed by atoms with Crippen molar-refractivity contribution >= 4 is 27.3 Å². The Kier molecular flexibility index (Phi) is 8.38. The van der Waals surface area contributed by atoms with Crippen molar-refractivity contribution in [3.63, 3.8) is 0 Å². The van der Waals surface area contributed by atoms with Crippen LogP contribution in [0.4, 0.5) is 11.4 Å². The van der Waals surface area contributed by atoms with Gasteiger partial charge in [0, 0.05) is 25.1 Å². The van der Waals surface area contributed by atoms with Crippen LogP contribution in [0.2, 0.25) is 0 Å². The maximum atomic E-state index is 12.1. The molecule has 0 fully saturated rings. The Labute approximate surface area is 182 Å². The molecule has 0 saturated carbocycles. The molecule has 0 unspecified atom stereocenters. The van der Waals surface area contributed by atoms with Crippen molar-refractivity contribution in [3.8, 4) is 5.75 Å². The fourth-order valence-electron chi connectivity index (χ4n) is 2.88. The Balaban J connectivity index is 1.81. The van der Waals surface area contributed by atoms with Crippen LogP contribution in [0.3, 0.4) is 0 Å². The monoisotopic (exact) mass is 449 g/mol. The van der Waals surface area contributed by atoms with Gasteiger partial charge < -0.3 is 10.1 Å². The number of nitrogens with zero attached hydrogens (tertiary/aromatic N) is 2. The minimum Gasteiger partial charge on any atom is -0.492 e. The number of hydrogen-bond donors (Lipinski definition) is 1. The second-order valence-corrected chi connectivity index (χ2v) is 9.07. The van der Waals surface area contributed by atoms with Crippen molar-refractivity contribution in [1.29, 1.82) is 0 Å². The molecule has 0 atom stereocenters. The van der Waals surface area contributed by atoms with Gasteiger partial charge in [0.2, 0.25) is 15.9 Å². The summed E-state index contributed by atoms with van der Waals surface area (Å²) < 4.78 is 30.9. The molecule has 0 bridgehead atoms. The van der Waals surface area contributed by atoms with Crippen LogP contribution < -0.4 is 14.4 Å². The van der Waals surface area contributed by atoms with E-state index in [1.165, 1.54) is 29.8 Å². The van der Waals surface area contributed by atoms with E-state index in [0.717, 1.165) is 21.9 Å². The first-order valence-corrected chi connectivity index (χ1v) is 11.6. The van der Waals surface area contributed by atoms with Gasteiger partial charge in [0.1, 0.15) is 12.4 Å². The van der Waals surface area contributed by atoms with Crippen molar-refractivity contribution in [1.82, 2.24) is 5.32 Å². The summed E-state index contributed by atoms with van der Waals surface area (Å²) in [6.07, 6.45) is 1.40. The Morgan fingerprint density at radius 2 is 1.90 bits per heavy atom. The minimum absolute atomic E-state index is 0.0343. The minimum atomic E-state index is -3.66. The Bertz CT molecular complexity index is 1040. The van der Waals surface area contributed by atoms with Gasteiger partial charge in [-0.3, -0.25) is 19.2 Å². The van der Waals surface area contributed by atoms with Gasteiger partial charge in [0.05, 0.1) is 23.4 Å². The zero-order valence-corrected chi connectivity index (χ0v) is 18.6. The first-order chi connectivity index (χ1) is 14.6. The lowest BCUT2D eigenvalue weighted by Crippen LogP contribution is -2.33. The normalized spacial score (nSPS) is 11.1. The third-order valence-corrected chi connectivity index (χ3v) is 5.86. The zero-order valence-electron chi connectivity index (χ0n) is 17.8. The predicted molar refractivity (Wildman–Crippen MR) is 119 cm³/mol. The summed E-state index contributed by atoms with van der Waals surface area (Å²) in [4.78, 5) is 22.4. The average Bonchev–Trinajstić information content (AvgIpc) is 2.70. The van der Waals surface area contributed by atoms with Crippen LogP contribution >= 0.6 is 0 Å². The molecule has 0 radical (unpaired) electrons. The fraction of sp³-hybridized carbons (Fsp3) is 0.381. The van der Waals surface area contributed by atoms with E-state index >= 15 is 0 Å². The molecule has 1 N–H and O–H groups in total. The van der Waals surface area contributed by atoms with Gasteiger partial charge in [-0.15, -0.1) is 0 Å². The molecular weight excluding hydrogens is 422 g/mol. The van der Waals surface area contributed by atoms with Gasteiger partial charge in [-0.2, -0.15) is 0 Å². The van der Waals surface area contributed by atoms with Gasteiger partial charge >= 0.3 is 0 Å². The average molecular weight is 450 g/mol. The number of carbonyl (C=O) groups is 1. The third-order valence-electron chi connectivity index (χ3n) is 4.67. The van der Waals surface area contributed by atoms with Crippen LogP contribution in [-0.4, -0.2) is 45.2 Å². The van der Waals surface area contributed by atoms with Crippen molar-refractivity contribution < 1.29 is 22.9 Å². The topological polar surface area (TPSA) is 119 Å². The first kappa shape index (κ1) is 24.1. The maximum absolute atomic E-state index is 12.1. The Morgan fingerprint density at radius 3 is 2.55 bits per heavy atom. The summed E-state index contributed by atoms with van der Waals surface area (Å²) in [6, 6.07) is 11.2. The van der Waals surface area contributed by atoms with Crippen molar-refractivity contribution in [3.05, 3.63) is 63.7 Å². The molecule has 2 aromatic rings. The molecule has 0 spiro atoms. The highest BCUT2D eigenvalue weighted by Crippen LogP contribution is 2.23. The summed E-state index contributed by atoms with van der Waals surface area (Å²) >= 11 is 0. The molecule has 0 aromatic heterocycles. The summed E-state index contributed by atoms with van der Waals surface area (Å²) in [7, 11) is -3.66. The van der Waals surface area contributed by atoms with E-state index in [1.807, 2.05) is 32.0 Å². The number of sulfonamides is 1. The van der Waals surface area contributed by atoms with Crippen LogP contribution in [0.5, 0.6) is 5.75 Å². The highest BCUT2D eigenvalue weighted by atomic mass is 32.2. The molecule has 168 valence electrons. The zero-order chi connectivity index (χ0) is 23.0. The number of nitro benzene ring substituents is 1. The van der Waals surface area contributed by atoms with Crippen LogP contribution in [-0.2, 0) is 14.8 Å². The molecule has 2 aromatic carbocycles. The van der Waals surface area contributed by atoms with E-state index in [-0.39, 0.29) is 36.7 Å². The SMILES string of the molecule is Cc1ccc(OCCNC(=O)CCCN(c2cccc([N+](=O)[O-])c2)S(C)(=O)=O)cc1C. The van der Waals surface area contributed by atoms with E-state index in [2.05, 4.69) is 5.32 Å². The fourth-order valence-corrected chi connectivity index (χ4v) is 3.84. The highest BCUT2D eigenvalue weighted by molar-refractivity contribution is 7.92. The number of ether oxygens (including phenoxy) is 1. The molecule has 0 aliphatic rings. The quantitative estimate of drug-likeness (QED) is 0.320. The van der Waals surface area contributed by atoms with Gasteiger partial charge in [-0.05, 0) is 49.6 Å². The number of nitrogens with one attached hydrogen (secondary N) is 1. The maximum Gasteiger partial charge on any atom is 0.271 e. The predicted octanol–water partition coefficient (Wildman–Crippen LogP) is 2.95. The number of amides is 1. The second kappa shape index (κ2) is 10.8. The molecule has 0 heterocycles. The van der Waals surface area contributed by atoms with Crippen LogP contribution in [0, 0.1) is 24.0 Å². The van der Waals surface area contributed by atoms with Gasteiger partial charge in [0.15, 0.2) is 0 Å². The van der Waals surface area contributed by atoms with E-state index in [4.69, 9.17) is 4.74 Å². The Morgan fingerprint density at radius 1 is 1.16 bits per heavy atom. The van der Waals surface area contributed by atoms with E-state index in [9.17, 15) is 23.3 Å². The third kappa shape index (κ3) is 7.56. The number of carbonyl (C=O) groups excluding carboxylic acids is 1. The van der Waals surface area contributed by atoms with Gasteiger partial charge in [-0.1, -0.05) is 12.1 Å². The lowest BCUT2D eigenvalue weighted by Gasteiger charge is -2.22. The number of anilines is 1. The molecule has 9 nitrogen and oxygen atoms in total. The summed E-state index contributed by atoms with van der Waals surface area (Å²) in [5.41, 5.74) is 2.29. The first-order valence-electron chi connectivity index (χ1n) is 9.77. The molecule has 10 heteroatoms. The number of aryl methyl sites for hydroxylation is 2. The number of benzene rings is 2. The largest absolute Gasteiger partial charge is 0.492 e. The van der Waals surface area contributed by atoms with Crippen LogP contribution in [0.1, 0.15) is 24.0 Å². The van der Waals surface area contributed by atoms with Crippen molar-refractivity contribution in [2.24, 2.45) is 0 Å². The summed E-state index contributed by atoms with van der Waals surface area (Å²) in [5.74, 6) is 0.509. The van der Waals surface area contributed by atoms with Crippen LogP contribution in [0.25, 0.3) is 0 Å². The van der Waals surface area contributed by atoms with E-state index in [0.29, 0.717) is 13.2 Å². The second-order valence-electron chi connectivity index (χ2n) is 7.16. The summed E-state index contributed by atoms with van der Waals surface area (Å²) in [5, 5.41) is 13.7. The van der Waals surface area contributed by atoms with Gasteiger partial charge in [0.25, 0.3) is 5.69 Å². The molecule has 31 heavy (non-hydrogen) atoms. The number of nitro groups is 1. The van der Waals surface area contributed by atoms with E-state index in [1.54, 1.807) is 0 Å². The molecule has 0 aliphatic carbocycles. The smallest absolute Gasteiger partial charge is 0.271 e. The Hall–Kier alpha value is -3.14. The number of non-ortho nitro benzene ring substituents is 1. The molecule has 1 amide bonds. The molecule has 2 rings (SSSR count). The standard InChI is InChI=1S/C21H27N3O6S/c1-16-9-10-20(14-17(16)2)30-13-11-22-21(25)8-5-12-23(31(3,28)29)18-6-4-7-19(15-18)24(26)27/h4,6-7,9-10,14-15H,5,8,11-13H2,1-3H3,(H,22,25). The van der Waals surface area contributed by atoms with Gasteiger partial charge in [-0.25, -0.2) is 8.42 Å². The molecule has 0 saturated heterocycles. The number of rotatable bonds is 11. The highest BCUT2D eigenvalue weighted by Gasteiger charge is 2.19. The lowest BCUT2D eigenvalue weighted by atomic mass is 10.1. The lowest BCUT2D eigenvalue weighted by molar-refractivity contribution is -0.384. The molecular formula is C21H27N3O6S. The van der Waals surface area contributed by atoms with Crippen LogP contribution in [0.15, 0.2) is 42.5 Å². The number of hydrogen-bond acceptors (Lipinski definition) is 6. The summed E-state index contributed by atoms with van der Waals surface area (Å²) in [6.45, 7) is 4.69. The van der Waals surface area contributed by atoms with Crippen molar-refractivity contribution in [2.75, 3.05) is 30.3 Å². The van der Waals surface area contributed by atoms with Crippen molar-refractivity contribution in [2.45, 2.75) is 26.7 Å². The van der Waals surface area contributed by atoms with E-state index < -0.39 is 14.9 Å².